The van der Waals surface area contributed by atoms with Crippen molar-refractivity contribution in [3.8, 4) is 0 Å². The van der Waals surface area contributed by atoms with E-state index in [1.807, 2.05) is 6.92 Å². The number of carbonyl (C=O) groups excluding carboxylic acids is 1. The van der Waals surface area contributed by atoms with Gasteiger partial charge in [0.1, 0.15) is 6.10 Å². The minimum Gasteiger partial charge on any atom is -0.462 e. The lowest BCUT2D eigenvalue weighted by atomic mass is 9.87. The highest BCUT2D eigenvalue weighted by Crippen LogP contribution is 2.30. The van der Waals surface area contributed by atoms with Crippen LogP contribution >= 0.6 is 0 Å². The summed E-state index contributed by atoms with van der Waals surface area (Å²) in [7, 11) is 0. The minimum atomic E-state index is -0.0959. The molecule has 1 saturated carbocycles. The van der Waals surface area contributed by atoms with E-state index in [1.54, 1.807) is 0 Å². The Morgan fingerprint density at radius 3 is 2.88 bits per heavy atom. The molecule has 0 saturated heterocycles. The molecule has 0 aliphatic heterocycles. The molecule has 2 heteroatoms. The van der Waals surface area contributed by atoms with Crippen molar-refractivity contribution in [1.82, 2.24) is 0 Å². The molecule has 0 aromatic carbocycles. The maximum absolute atomic E-state index is 11.2. The van der Waals surface area contributed by atoms with Crippen LogP contribution in [0.3, 0.4) is 0 Å². The maximum Gasteiger partial charge on any atom is 0.305 e. The molecule has 0 bridgehead atoms. The van der Waals surface area contributed by atoms with Crippen LogP contribution in [0.5, 0.6) is 0 Å². The first-order valence-corrected chi connectivity index (χ1v) is 6.11. The van der Waals surface area contributed by atoms with Gasteiger partial charge in [0.15, 0.2) is 0 Å². The Hall–Kier alpha value is -1.05. The summed E-state index contributed by atoms with van der Waals surface area (Å²) in [5, 5.41) is 0. The molecule has 16 heavy (non-hydrogen) atoms. The van der Waals surface area contributed by atoms with Gasteiger partial charge in [0, 0.05) is 12.8 Å². The predicted octanol–water partition coefficient (Wildman–Crippen LogP) is 3.63. The second kappa shape index (κ2) is 5.88. The van der Waals surface area contributed by atoms with Gasteiger partial charge >= 0.3 is 5.97 Å². The van der Waals surface area contributed by atoms with E-state index in [0.717, 1.165) is 19.3 Å². The molecular weight excluding hydrogens is 200 g/mol. The number of ether oxygens (including phenoxy) is 1. The van der Waals surface area contributed by atoms with Gasteiger partial charge in [-0.05, 0) is 24.3 Å². The first kappa shape index (κ1) is 13.0. The predicted molar refractivity (Wildman–Crippen MR) is 66.1 cm³/mol. The average Bonchev–Trinajstić information content (AvgIpc) is 2.22. The van der Waals surface area contributed by atoms with Gasteiger partial charge in [-0.25, -0.2) is 0 Å². The molecule has 0 spiro atoms. The molecule has 1 unspecified atom stereocenters. The van der Waals surface area contributed by atoms with Crippen LogP contribution in [0.2, 0.25) is 0 Å². The zero-order valence-corrected chi connectivity index (χ0v) is 10.6. The molecule has 0 heterocycles. The number of carbonyl (C=O) groups is 1. The smallest absolute Gasteiger partial charge is 0.305 e. The van der Waals surface area contributed by atoms with Gasteiger partial charge in [-0.15, -0.1) is 0 Å². The van der Waals surface area contributed by atoms with Crippen LogP contribution < -0.4 is 0 Å². The van der Waals surface area contributed by atoms with Crippen LogP contribution in [0.25, 0.3) is 0 Å². The third-order valence-electron chi connectivity index (χ3n) is 2.79. The minimum absolute atomic E-state index is 0.0583. The third kappa shape index (κ3) is 3.84. The van der Waals surface area contributed by atoms with Crippen molar-refractivity contribution in [2.45, 2.75) is 52.6 Å². The Balaban J connectivity index is 2.60. The summed E-state index contributed by atoms with van der Waals surface area (Å²) in [6.07, 6.45) is 5.45. The Morgan fingerprint density at radius 1 is 1.62 bits per heavy atom. The monoisotopic (exact) mass is 222 g/mol. The molecule has 0 aromatic heterocycles. The van der Waals surface area contributed by atoms with Gasteiger partial charge in [-0.1, -0.05) is 39.0 Å². The Bertz CT molecular complexity index is 300. The summed E-state index contributed by atoms with van der Waals surface area (Å²) in [5.74, 6) is 0.425. The van der Waals surface area contributed by atoms with Crippen molar-refractivity contribution >= 4 is 5.97 Å². The zero-order valence-electron chi connectivity index (χ0n) is 10.6. The summed E-state index contributed by atoms with van der Waals surface area (Å²) in [4.78, 5) is 11.2. The van der Waals surface area contributed by atoms with E-state index in [4.69, 9.17) is 4.74 Å². The lowest BCUT2D eigenvalue weighted by Crippen LogP contribution is -2.22. The molecule has 2 nitrogen and oxygen atoms in total. The average molecular weight is 222 g/mol. The van der Waals surface area contributed by atoms with E-state index < -0.39 is 0 Å². The first-order chi connectivity index (χ1) is 7.52. The first-order valence-electron chi connectivity index (χ1n) is 6.11. The topological polar surface area (TPSA) is 26.3 Å². The zero-order chi connectivity index (χ0) is 12.1. The van der Waals surface area contributed by atoms with E-state index in [2.05, 4.69) is 26.5 Å². The van der Waals surface area contributed by atoms with Gasteiger partial charge in [-0.2, -0.15) is 0 Å². The van der Waals surface area contributed by atoms with E-state index in [0.29, 0.717) is 12.3 Å². The summed E-state index contributed by atoms with van der Waals surface area (Å²) in [6.45, 7) is 10.2. The summed E-state index contributed by atoms with van der Waals surface area (Å²) in [6, 6.07) is 0. The molecule has 1 aliphatic rings. The SMILES string of the molecule is C=C1CCC(OC(=O)CC)CC1=CC(C)C. The highest BCUT2D eigenvalue weighted by atomic mass is 16.5. The fourth-order valence-electron chi connectivity index (χ4n) is 1.95. The molecule has 1 atom stereocenters. The molecule has 0 radical (unpaired) electrons. The maximum atomic E-state index is 11.2. The molecule has 1 aliphatic carbocycles. The summed E-state index contributed by atoms with van der Waals surface area (Å²) < 4.78 is 5.38. The largest absolute Gasteiger partial charge is 0.462 e. The van der Waals surface area contributed by atoms with E-state index in [9.17, 15) is 4.79 Å². The Labute approximate surface area is 98.4 Å². The van der Waals surface area contributed by atoms with E-state index in [-0.39, 0.29) is 12.1 Å². The second-order valence-electron chi connectivity index (χ2n) is 4.75. The Kier molecular flexibility index (Phi) is 4.78. The lowest BCUT2D eigenvalue weighted by molar-refractivity contribution is -0.149. The van der Waals surface area contributed by atoms with Crippen LogP contribution in [0.15, 0.2) is 23.8 Å². The molecule has 0 amide bonds. The standard InChI is InChI=1S/C14H22O2/c1-5-14(15)16-13-7-6-11(4)12(9-13)8-10(2)3/h8,10,13H,4-7,9H2,1-3H3. The van der Waals surface area contributed by atoms with Crippen molar-refractivity contribution in [3.63, 3.8) is 0 Å². The molecule has 0 N–H and O–H groups in total. The fourth-order valence-corrected chi connectivity index (χ4v) is 1.95. The van der Waals surface area contributed by atoms with Gasteiger partial charge in [0.25, 0.3) is 0 Å². The number of allylic oxidation sites excluding steroid dienone is 2. The van der Waals surface area contributed by atoms with Crippen molar-refractivity contribution in [3.05, 3.63) is 23.8 Å². The lowest BCUT2D eigenvalue weighted by Gasteiger charge is -2.26. The van der Waals surface area contributed by atoms with Crippen molar-refractivity contribution in [2.24, 2.45) is 5.92 Å². The van der Waals surface area contributed by atoms with Crippen LogP contribution in [0.1, 0.15) is 46.5 Å². The quantitative estimate of drug-likeness (QED) is 0.682. The number of hydrogen-bond acceptors (Lipinski definition) is 2. The number of rotatable bonds is 3. The second-order valence-corrected chi connectivity index (χ2v) is 4.75. The fraction of sp³-hybridized carbons (Fsp3) is 0.643. The normalized spacial score (nSPS) is 23.9. The molecule has 0 aromatic rings. The van der Waals surface area contributed by atoms with Crippen molar-refractivity contribution < 1.29 is 9.53 Å². The summed E-state index contributed by atoms with van der Waals surface area (Å²) >= 11 is 0. The number of esters is 1. The van der Waals surface area contributed by atoms with Crippen molar-refractivity contribution in [2.75, 3.05) is 0 Å². The Morgan fingerprint density at radius 2 is 2.31 bits per heavy atom. The summed E-state index contributed by atoms with van der Waals surface area (Å²) in [5.41, 5.74) is 2.48. The van der Waals surface area contributed by atoms with Crippen molar-refractivity contribution in [1.29, 1.82) is 0 Å². The number of hydrogen-bond donors (Lipinski definition) is 0. The molecule has 1 rings (SSSR count). The van der Waals surface area contributed by atoms with Gasteiger partial charge in [0.05, 0.1) is 0 Å². The highest BCUT2D eigenvalue weighted by Gasteiger charge is 2.22. The molecular formula is C14H22O2. The van der Waals surface area contributed by atoms with Gasteiger partial charge in [-0.3, -0.25) is 4.79 Å². The van der Waals surface area contributed by atoms with Crippen LogP contribution in [0.4, 0.5) is 0 Å². The molecule has 1 fully saturated rings. The highest BCUT2D eigenvalue weighted by molar-refractivity contribution is 5.69. The van der Waals surface area contributed by atoms with Crippen LogP contribution in [0, 0.1) is 5.92 Å². The third-order valence-corrected chi connectivity index (χ3v) is 2.79. The van der Waals surface area contributed by atoms with Gasteiger partial charge in [0.2, 0.25) is 0 Å². The molecule has 90 valence electrons. The van der Waals surface area contributed by atoms with Crippen LogP contribution in [-0.2, 0) is 9.53 Å². The van der Waals surface area contributed by atoms with E-state index in [1.165, 1.54) is 11.1 Å². The van der Waals surface area contributed by atoms with Gasteiger partial charge < -0.3 is 4.74 Å². The van der Waals surface area contributed by atoms with Crippen LogP contribution in [-0.4, -0.2) is 12.1 Å². The van der Waals surface area contributed by atoms with E-state index >= 15 is 0 Å².